The monoisotopic (exact) mass is 363 g/mol. The van der Waals surface area contributed by atoms with Crippen molar-refractivity contribution in [2.24, 2.45) is 0 Å². The van der Waals surface area contributed by atoms with E-state index in [1.165, 1.54) is 0 Å². The number of para-hydroxylation sites is 1. The van der Waals surface area contributed by atoms with Crippen LogP contribution in [0.4, 0.5) is 5.69 Å². The van der Waals surface area contributed by atoms with Crippen molar-refractivity contribution in [1.82, 2.24) is 0 Å². The van der Waals surface area contributed by atoms with Crippen LogP contribution in [-0.2, 0) is 13.2 Å². The Balaban J connectivity index is 1.50. The van der Waals surface area contributed by atoms with Crippen molar-refractivity contribution in [2.75, 3.05) is 19.2 Å². The lowest BCUT2D eigenvalue weighted by Crippen LogP contribution is -2.05. The topological polar surface area (TPSA) is 49.0 Å². The van der Waals surface area contributed by atoms with E-state index in [-0.39, 0.29) is 6.79 Å². The highest BCUT2D eigenvalue weighted by atomic mass is 16.7. The zero-order chi connectivity index (χ0) is 18.5. The van der Waals surface area contributed by atoms with Crippen LogP contribution in [-0.4, -0.2) is 13.9 Å². The molecule has 5 heteroatoms. The molecule has 5 nitrogen and oxygen atoms in total. The Hall–Kier alpha value is -3.34. The van der Waals surface area contributed by atoms with Gasteiger partial charge in [-0.2, -0.15) is 0 Å². The normalized spacial score (nSPS) is 11.9. The molecule has 0 bridgehead atoms. The van der Waals surface area contributed by atoms with Crippen LogP contribution in [0.15, 0.2) is 66.7 Å². The molecule has 0 aromatic heterocycles. The summed E-state index contributed by atoms with van der Waals surface area (Å²) < 4.78 is 22.4. The third kappa shape index (κ3) is 3.92. The second-order valence-electron chi connectivity index (χ2n) is 6.14. The summed E-state index contributed by atoms with van der Waals surface area (Å²) >= 11 is 0. The van der Waals surface area contributed by atoms with E-state index in [4.69, 9.17) is 18.9 Å². The van der Waals surface area contributed by atoms with Gasteiger partial charge in [0.25, 0.3) is 0 Å². The molecule has 0 atom stereocenters. The lowest BCUT2D eigenvalue weighted by molar-refractivity contribution is 0.174. The fourth-order valence-corrected chi connectivity index (χ4v) is 2.96. The van der Waals surface area contributed by atoms with Gasteiger partial charge in [-0.3, -0.25) is 0 Å². The van der Waals surface area contributed by atoms with E-state index in [9.17, 15) is 0 Å². The van der Waals surface area contributed by atoms with Gasteiger partial charge in [-0.15, -0.1) is 0 Å². The van der Waals surface area contributed by atoms with Crippen LogP contribution < -0.4 is 24.3 Å². The quantitative estimate of drug-likeness (QED) is 0.664. The van der Waals surface area contributed by atoms with Crippen molar-refractivity contribution in [3.63, 3.8) is 0 Å². The van der Waals surface area contributed by atoms with Crippen molar-refractivity contribution in [2.45, 2.75) is 13.2 Å². The Labute approximate surface area is 158 Å². The molecule has 4 rings (SSSR count). The zero-order valence-corrected chi connectivity index (χ0v) is 15.1. The Morgan fingerprint density at radius 3 is 2.63 bits per heavy atom. The fraction of sp³-hybridized carbons (Fsp3) is 0.182. The number of hydrogen-bond acceptors (Lipinski definition) is 5. The molecule has 0 amide bonds. The summed E-state index contributed by atoms with van der Waals surface area (Å²) in [5.41, 5.74) is 3.08. The van der Waals surface area contributed by atoms with E-state index in [0.717, 1.165) is 39.8 Å². The highest BCUT2D eigenvalue weighted by Crippen LogP contribution is 2.35. The Morgan fingerprint density at radius 2 is 1.78 bits per heavy atom. The first kappa shape index (κ1) is 17.1. The first-order chi connectivity index (χ1) is 13.3. The van der Waals surface area contributed by atoms with Crippen LogP contribution in [0.5, 0.6) is 23.0 Å². The molecule has 0 fully saturated rings. The molecule has 27 heavy (non-hydrogen) atoms. The van der Waals surface area contributed by atoms with Gasteiger partial charge in [0, 0.05) is 23.9 Å². The second-order valence-corrected chi connectivity index (χ2v) is 6.14. The highest BCUT2D eigenvalue weighted by Gasteiger charge is 2.14. The zero-order valence-electron chi connectivity index (χ0n) is 15.1. The van der Waals surface area contributed by atoms with Crippen LogP contribution in [0.1, 0.15) is 11.1 Å². The molecule has 1 N–H and O–H groups in total. The molecule has 0 unspecified atom stereocenters. The lowest BCUT2D eigenvalue weighted by atomic mass is 10.1. The predicted octanol–water partition coefficient (Wildman–Crippen LogP) is 4.62. The van der Waals surface area contributed by atoms with Crippen molar-refractivity contribution in [3.8, 4) is 23.0 Å². The minimum Gasteiger partial charge on any atom is -0.493 e. The van der Waals surface area contributed by atoms with E-state index in [2.05, 4.69) is 5.32 Å². The van der Waals surface area contributed by atoms with Gasteiger partial charge in [0.15, 0.2) is 23.0 Å². The van der Waals surface area contributed by atoms with Crippen molar-refractivity contribution in [1.29, 1.82) is 0 Å². The van der Waals surface area contributed by atoms with Gasteiger partial charge in [0.1, 0.15) is 6.61 Å². The van der Waals surface area contributed by atoms with Crippen LogP contribution in [0.2, 0.25) is 0 Å². The molecular weight excluding hydrogens is 342 g/mol. The molecule has 3 aromatic rings. The number of benzene rings is 3. The van der Waals surface area contributed by atoms with Crippen LogP contribution in [0.3, 0.4) is 0 Å². The van der Waals surface area contributed by atoms with Gasteiger partial charge >= 0.3 is 0 Å². The van der Waals surface area contributed by atoms with Crippen molar-refractivity contribution >= 4 is 5.69 Å². The largest absolute Gasteiger partial charge is 0.493 e. The third-order valence-corrected chi connectivity index (χ3v) is 4.36. The molecule has 0 spiro atoms. The lowest BCUT2D eigenvalue weighted by Gasteiger charge is -2.16. The number of ether oxygens (including phenoxy) is 4. The van der Waals surface area contributed by atoms with Crippen molar-refractivity contribution in [3.05, 3.63) is 77.9 Å². The van der Waals surface area contributed by atoms with Gasteiger partial charge in [-0.1, -0.05) is 42.5 Å². The van der Waals surface area contributed by atoms with Crippen molar-refractivity contribution < 1.29 is 18.9 Å². The van der Waals surface area contributed by atoms with Gasteiger partial charge in [-0.05, 0) is 23.8 Å². The Morgan fingerprint density at radius 1 is 0.926 bits per heavy atom. The molecule has 0 saturated heterocycles. The van der Waals surface area contributed by atoms with E-state index >= 15 is 0 Å². The minimum absolute atomic E-state index is 0.270. The average Bonchev–Trinajstić information content (AvgIpc) is 3.19. The molecule has 0 saturated carbocycles. The molecule has 0 radical (unpaired) electrons. The predicted molar refractivity (Wildman–Crippen MR) is 104 cm³/mol. The fourth-order valence-electron chi connectivity index (χ4n) is 2.96. The Bertz CT molecular complexity index is 911. The van der Waals surface area contributed by atoms with E-state index in [0.29, 0.717) is 13.2 Å². The summed E-state index contributed by atoms with van der Waals surface area (Å²) in [6, 6.07) is 21.8. The summed E-state index contributed by atoms with van der Waals surface area (Å²) in [4.78, 5) is 0. The number of anilines is 1. The summed E-state index contributed by atoms with van der Waals surface area (Å²) in [6.45, 7) is 1.35. The first-order valence-electron chi connectivity index (χ1n) is 8.79. The average molecular weight is 363 g/mol. The molecule has 3 aromatic carbocycles. The molecule has 0 aliphatic carbocycles. The Kier molecular flexibility index (Phi) is 5.01. The van der Waals surface area contributed by atoms with Crippen LogP contribution >= 0.6 is 0 Å². The maximum Gasteiger partial charge on any atom is 0.231 e. The van der Waals surface area contributed by atoms with Crippen LogP contribution in [0.25, 0.3) is 0 Å². The van der Waals surface area contributed by atoms with E-state index < -0.39 is 0 Å². The smallest absolute Gasteiger partial charge is 0.231 e. The third-order valence-electron chi connectivity index (χ3n) is 4.36. The van der Waals surface area contributed by atoms with E-state index in [1.54, 1.807) is 7.11 Å². The van der Waals surface area contributed by atoms with Gasteiger partial charge in [-0.25, -0.2) is 0 Å². The van der Waals surface area contributed by atoms with Gasteiger partial charge < -0.3 is 24.3 Å². The molecular formula is C22H21NO4. The summed E-state index contributed by atoms with van der Waals surface area (Å²) in [6.07, 6.45) is 0. The summed E-state index contributed by atoms with van der Waals surface area (Å²) in [5.74, 6) is 2.99. The standard InChI is InChI=1S/C22H21NO4/c1-24-20-9-5-8-17(22(20)25-14-16-6-3-2-4-7-16)13-23-18-10-11-19-21(12-18)27-15-26-19/h2-12,23H,13-15H2,1H3. The molecule has 138 valence electrons. The van der Waals surface area contributed by atoms with Gasteiger partial charge in [0.2, 0.25) is 6.79 Å². The summed E-state index contributed by atoms with van der Waals surface area (Å²) in [5, 5.41) is 3.41. The number of methoxy groups -OCH3 is 1. The first-order valence-corrected chi connectivity index (χ1v) is 8.79. The van der Waals surface area contributed by atoms with Gasteiger partial charge in [0.05, 0.1) is 7.11 Å². The molecule has 1 heterocycles. The minimum atomic E-state index is 0.270. The SMILES string of the molecule is COc1cccc(CNc2ccc3c(c2)OCO3)c1OCc1ccccc1. The second kappa shape index (κ2) is 7.91. The maximum absolute atomic E-state index is 6.10. The maximum atomic E-state index is 6.10. The number of rotatable bonds is 7. The molecule has 1 aliphatic heterocycles. The number of nitrogens with one attached hydrogen (secondary N) is 1. The van der Waals surface area contributed by atoms with Crippen LogP contribution in [0, 0.1) is 0 Å². The summed E-state index contributed by atoms with van der Waals surface area (Å²) in [7, 11) is 1.65. The van der Waals surface area contributed by atoms with E-state index in [1.807, 2.05) is 66.7 Å². The highest BCUT2D eigenvalue weighted by molar-refractivity contribution is 5.56. The number of fused-ring (bicyclic) bond motifs is 1. The number of hydrogen-bond donors (Lipinski definition) is 1. The molecule has 1 aliphatic rings.